The number of carbonyl (C=O) groups is 2. The van der Waals surface area contributed by atoms with Gasteiger partial charge in [0.15, 0.2) is 5.82 Å². The maximum Gasteiger partial charge on any atom is 0.410 e. The van der Waals surface area contributed by atoms with E-state index in [4.69, 9.17) is 10.5 Å². The van der Waals surface area contributed by atoms with Crippen molar-refractivity contribution in [1.29, 1.82) is 0 Å². The van der Waals surface area contributed by atoms with Crippen LogP contribution in [0.1, 0.15) is 57.1 Å². The number of nitrogens with zero attached hydrogens (tertiary/aromatic N) is 4. The second-order valence-corrected chi connectivity index (χ2v) is 8.15. The Balaban J connectivity index is 0.00000166. The summed E-state index contributed by atoms with van der Waals surface area (Å²) < 4.78 is 19.7. The third-order valence-electron chi connectivity index (χ3n) is 4.38. The van der Waals surface area contributed by atoms with Crippen LogP contribution < -0.4 is 11.1 Å². The number of rotatable bonds is 3. The van der Waals surface area contributed by atoms with Crippen LogP contribution in [0.25, 0.3) is 11.0 Å². The Hall–Kier alpha value is -3.04. The molecule has 0 saturated carbocycles. The van der Waals surface area contributed by atoms with Crippen molar-refractivity contribution in [3.05, 3.63) is 23.7 Å². The SMILES string of the molecule is CC.Cc1cc(C(N)=O)c2ncnc(NC3CC(F)CN(C(=O)OC(C)(C)C)C3)c2n1. The summed E-state index contributed by atoms with van der Waals surface area (Å²) in [5, 5.41) is 3.14. The van der Waals surface area contributed by atoms with Crippen molar-refractivity contribution in [3.63, 3.8) is 0 Å². The molecule has 0 spiro atoms. The molecule has 0 aliphatic carbocycles. The molecule has 3 heterocycles. The van der Waals surface area contributed by atoms with Gasteiger partial charge in [-0.05, 0) is 33.8 Å². The number of likely N-dealkylation sites (tertiary alicyclic amines) is 1. The van der Waals surface area contributed by atoms with E-state index in [2.05, 4.69) is 20.3 Å². The molecule has 9 nitrogen and oxygen atoms in total. The van der Waals surface area contributed by atoms with E-state index < -0.39 is 29.8 Å². The van der Waals surface area contributed by atoms with Gasteiger partial charge in [0.1, 0.15) is 29.1 Å². The van der Waals surface area contributed by atoms with Crippen LogP contribution in [0.2, 0.25) is 0 Å². The minimum Gasteiger partial charge on any atom is -0.444 e. The molecule has 0 radical (unpaired) electrons. The fraction of sp³-hybridized carbons (Fsp3) is 0.571. The van der Waals surface area contributed by atoms with Crippen LogP contribution in [0.5, 0.6) is 0 Å². The first kappa shape index (κ1) is 24.2. The van der Waals surface area contributed by atoms with E-state index in [0.29, 0.717) is 22.5 Å². The molecule has 0 bridgehead atoms. The second-order valence-electron chi connectivity index (χ2n) is 8.15. The van der Waals surface area contributed by atoms with Gasteiger partial charge in [-0.15, -0.1) is 0 Å². The Bertz CT molecular complexity index is 947. The number of anilines is 1. The number of amides is 2. The highest BCUT2D eigenvalue weighted by Gasteiger charge is 2.33. The van der Waals surface area contributed by atoms with E-state index >= 15 is 0 Å². The van der Waals surface area contributed by atoms with Crippen molar-refractivity contribution in [3.8, 4) is 0 Å². The summed E-state index contributed by atoms with van der Waals surface area (Å²) >= 11 is 0. The maximum atomic E-state index is 14.3. The predicted molar refractivity (Wildman–Crippen MR) is 117 cm³/mol. The number of fused-ring (bicyclic) bond motifs is 1. The third kappa shape index (κ3) is 6.22. The van der Waals surface area contributed by atoms with Gasteiger partial charge in [-0.1, -0.05) is 13.8 Å². The number of hydrogen-bond acceptors (Lipinski definition) is 7. The number of alkyl halides is 1. The van der Waals surface area contributed by atoms with E-state index in [1.165, 1.54) is 11.2 Å². The van der Waals surface area contributed by atoms with E-state index in [1.807, 2.05) is 13.8 Å². The highest BCUT2D eigenvalue weighted by atomic mass is 19.1. The van der Waals surface area contributed by atoms with Crippen molar-refractivity contribution < 1.29 is 18.7 Å². The molecule has 2 atom stereocenters. The Morgan fingerprint density at radius 2 is 1.90 bits per heavy atom. The molecule has 1 saturated heterocycles. The van der Waals surface area contributed by atoms with Crippen molar-refractivity contribution in [2.45, 2.75) is 65.8 Å². The van der Waals surface area contributed by atoms with Gasteiger partial charge >= 0.3 is 6.09 Å². The lowest BCUT2D eigenvalue weighted by Crippen LogP contribution is -2.51. The molecule has 3 rings (SSSR count). The number of nitrogens with one attached hydrogen (secondary N) is 1. The van der Waals surface area contributed by atoms with E-state index in [9.17, 15) is 14.0 Å². The molecule has 1 aliphatic rings. The van der Waals surface area contributed by atoms with E-state index in [1.54, 1.807) is 33.8 Å². The summed E-state index contributed by atoms with van der Waals surface area (Å²) in [5.41, 5.74) is 6.28. The first-order valence-corrected chi connectivity index (χ1v) is 10.3. The van der Waals surface area contributed by atoms with Gasteiger partial charge in [0.05, 0.1) is 12.1 Å². The van der Waals surface area contributed by atoms with Gasteiger partial charge in [0, 0.05) is 24.7 Å². The number of aryl methyl sites for hydroxylation is 1. The second kappa shape index (κ2) is 9.84. The van der Waals surface area contributed by atoms with Crippen LogP contribution in [0.4, 0.5) is 15.0 Å². The number of piperidine rings is 1. The van der Waals surface area contributed by atoms with Crippen LogP contribution in [-0.2, 0) is 4.74 Å². The molecule has 2 aromatic rings. The molecule has 2 aromatic heterocycles. The average molecular weight is 435 g/mol. The Morgan fingerprint density at radius 1 is 1.23 bits per heavy atom. The molecule has 31 heavy (non-hydrogen) atoms. The average Bonchev–Trinajstić information content (AvgIpc) is 2.67. The van der Waals surface area contributed by atoms with Crippen LogP contribution in [0, 0.1) is 6.92 Å². The number of hydrogen-bond donors (Lipinski definition) is 2. The molecule has 1 aliphatic heterocycles. The fourth-order valence-corrected chi connectivity index (χ4v) is 3.27. The van der Waals surface area contributed by atoms with Crippen LogP contribution in [-0.4, -0.2) is 62.8 Å². The Labute approximate surface area is 181 Å². The standard InChI is InChI=1S/C19H25FN6O3.C2H6/c1-10-5-13(16(21)27)14-15(24-10)17(23-9-22-14)25-12-6-11(20)7-26(8-12)18(28)29-19(2,3)4;1-2/h5,9,11-12H,6-8H2,1-4H3,(H2,21,27)(H,22,23,25);1-2H3. The lowest BCUT2D eigenvalue weighted by atomic mass is 10.0. The number of aromatic nitrogens is 3. The number of pyridine rings is 1. The zero-order valence-electron chi connectivity index (χ0n) is 18.9. The largest absolute Gasteiger partial charge is 0.444 e. The highest BCUT2D eigenvalue weighted by molar-refractivity contribution is 6.05. The zero-order valence-corrected chi connectivity index (χ0v) is 18.9. The number of ether oxygens (including phenoxy) is 1. The van der Waals surface area contributed by atoms with Gasteiger partial charge in [-0.3, -0.25) is 4.79 Å². The lowest BCUT2D eigenvalue weighted by molar-refractivity contribution is 0.0124. The molecular formula is C21H31FN6O3. The zero-order chi connectivity index (χ0) is 23.3. The number of halogens is 1. The fourth-order valence-electron chi connectivity index (χ4n) is 3.27. The van der Waals surface area contributed by atoms with Gasteiger partial charge in [-0.25, -0.2) is 24.1 Å². The molecule has 2 unspecified atom stereocenters. The van der Waals surface area contributed by atoms with Crippen molar-refractivity contribution in [2.24, 2.45) is 5.73 Å². The Morgan fingerprint density at radius 3 is 2.52 bits per heavy atom. The minimum atomic E-state index is -1.21. The smallest absolute Gasteiger partial charge is 0.410 e. The van der Waals surface area contributed by atoms with Gasteiger partial charge in [0.2, 0.25) is 0 Å². The van der Waals surface area contributed by atoms with E-state index in [0.717, 1.165) is 0 Å². The topological polar surface area (TPSA) is 123 Å². The number of primary amides is 1. The van der Waals surface area contributed by atoms with Crippen LogP contribution in [0.3, 0.4) is 0 Å². The summed E-state index contributed by atoms with van der Waals surface area (Å²) in [6.07, 6.45) is -0.295. The van der Waals surface area contributed by atoms with Crippen molar-refractivity contribution >= 4 is 28.9 Å². The first-order valence-electron chi connectivity index (χ1n) is 10.3. The van der Waals surface area contributed by atoms with Crippen LogP contribution >= 0.6 is 0 Å². The molecule has 3 N–H and O–H groups in total. The Kier molecular flexibility index (Phi) is 7.70. The molecule has 170 valence electrons. The molecular weight excluding hydrogens is 403 g/mol. The summed E-state index contributed by atoms with van der Waals surface area (Å²) in [4.78, 5) is 38.2. The summed E-state index contributed by atoms with van der Waals surface area (Å²) in [6.45, 7) is 11.2. The third-order valence-corrected chi connectivity index (χ3v) is 4.38. The predicted octanol–water partition coefficient (Wildman–Crippen LogP) is 3.22. The molecule has 2 amide bonds. The van der Waals surface area contributed by atoms with Gasteiger partial charge in [-0.2, -0.15) is 0 Å². The van der Waals surface area contributed by atoms with E-state index in [-0.39, 0.29) is 25.1 Å². The normalized spacial score (nSPS) is 18.7. The molecule has 1 fully saturated rings. The number of nitrogens with two attached hydrogens (primary N) is 1. The highest BCUT2D eigenvalue weighted by Crippen LogP contribution is 2.25. The van der Waals surface area contributed by atoms with Gasteiger partial charge < -0.3 is 20.7 Å². The number of carbonyl (C=O) groups excluding carboxylic acids is 2. The first-order chi connectivity index (χ1) is 14.5. The van der Waals surface area contributed by atoms with Crippen molar-refractivity contribution in [1.82, 2.24) is 19.9 Å². The summed E-state index contributed by atoms with van der Waals surface area (Å²) in [5.74, 6) is -0.271. The van der Waals surface area contributed by atoms with Gasteiger partial charge in [0.25, 0.3) is 5.91 Å². The quantitative estimate of drug-likeness (QED) is 0.760. The maximum absolute atomic E-state index is 14.3. The monoisotopic (exact) mass is 434 g/mol. The lowest BCUT2D eigenvalue weighted by Gasteiger charge is -2.36. The minimum absolute atomic E-state index is 0.0270. The summed E-state index contributed by atoms with van der Waals surface area (Å²) in [7, 11) is 0. The van der Waals surface area contributed by atoms with Crippen molar-refractivity contribution in [2.75, 3.05) is 18.4 Å². The molecule has 10 heteroatoms. The van der Waals surface area contributed by atoms with Crippen LogP contribution in [0.15, 0.2) is 12.4 Å². The summed E-state index contributed by atoms with van der Waals surface area (Å²) in [6, 6.07) is 1.15. The molecule has 0 aromatic carbocycles.